The zero-order valence-corrected chi connectivity index (χ0v) is 9.56. The summed E-state index contributed by atoms with van der Waals surface area (Å²) in [5, 5.41) is 0. The van der Waals surface area contributed by atoms with Crippen molar-refractivity contribution in [3.05, 3.63) is 29.8 Å². The molecular formula is C12H14FNO3. The van der Waals surface area contributed by atoms with E-state index in [0.717, 1.165) is 25.5 Å². The summed E-state index contributed by atoms with van der Waals surface area (Å²) in [7, 11) is 1.59. The first-order valence-corrected chi connectivity index (χ1v) is 5.55. The smallest absolute Gasteiger partial charge is 0.341 e. The number of carbonyl (C=O) groups excluding carboxylic acids is 1. The Morgan fingerprint density at radius 1 is 1.47 bits per heavy atom. The topological polar surface area (TPSA) is 48.4 Å². The van der Waals surface area contributed by atoms with Crippen LogP contribution in [0, 0.1) is 5.82 Å². The second-order valence-electron chi connectivity index (χ2n) is 4.00. The molecule has 17 heavy (non-hydrogen) atoms. The first-order valence-electron chi connectivity index (χ1n) is 5.55. The second-order valence-corrected chi connectivity index (χ2v) is 4.00. The molecule has 1 aromatic heterocycles. The molecule has 0 spiro atoms. The highest BCUT2D eigenvalue weighted by Gasteiger charge is 2.31. The molecule has 0 radical (unpaired) electrons. The molecule has 1 fully saturated rings. The predicted octanol–water partition coefficient (Wildman–Crippen LogP) is 1.95. The van der Waals surface area contributed by atoms with E-state index in [9.17, 15) is 9.18 Å². The SMILES string of the molecule is CO[C@H]1CCC[C@H]1OC(=O)c1ccncc1F. The number of hydrogen-bond acceptors (Lipinski definition) is 4. The van der Waals surface area contributed by atoms with Crippen LogP contribution >= 0.6 is 0 Å². The molecule has 4 nitrogen and oxygen atoms in total. The lowest BCUT2D eigenvalue weighted by Crippen LogP contribution is -2.28. The van der Waals surface area contributed by atoms with Crippen molar-refractivity contribution in [2.75, 3.05) is 7.11 Å². The number of esters is 1. The third kappa shape index (κ3) is 2.61. The molecule has 0 aromatic carbocycles. The van der Waals surface area contributed by atoms with E-state index >= 15 is 0 Å². The summed E-state index contributed by atoms with van der Waals surface area (Å²) in [6.45, 7) is 0. The van der Waals surface area contributed by atoms with Crippen molar-refractivity contribution in [3.63, 3.8) is 0 Å². The maximum atomic E-state index is 13.3. The lowest BCUT2D eigenvalue weighted by Gasteiger charge is -2.18. The Kier molecular flexibility index (Phi) is 3.68. The molecule has 1 aliphatic rings. The van der Waals surface area contributed by atoms with Gasteiger partial charge in [-0.2, -0.15) is 0 Å². The van der Waals surface area contributed by atoms with Gasteiger partial charge >= 0.3 is 5.97 Å². The standard InChI is InChI=1S/C12H14FNO3/c1-16-10-3-2-4-11(10)17-12(15)8-5-6-14-7-9(8)13/h5-7,10-11H,2-4H2,1H3/t10-,11+/m0/s1. The third-order valence-electron chi connectivity index (χ3n) is 2.95. The van der Waals surface area contributed by atoms with Crippen molar-refractivity contribution < 1.29 is 18.7 Å². The van der Waals surface area contributed by atoms with E-state index in [4.69, 9.17) is 9.47 Å². The number of nitrogens with zero attached hydrogens (tertiary/aromatic N) is 1. The van der Waals surface area contributed by atoms with E-state index in [1.165, 1.54) is 12.3 Å². The highest BCUT2D eigenvalue weighted by atomic mass is 19.1. The highest BCUT2D eigenvalue weighted by Crippen LogP contribution is 2.25. The van der Waals surface area contributed by atoms with Crippen LogP contribution in [0.5, 0.6) is 0 Å². The summed E-state index contributed by atoms with van der Waals surface area (Å²) in [5.41, 5.74) is -0.0817. The number of methoxy groups -OCH3 is 1. The van der Waals surface area contributed by atoms with Gasteiger partial charge in [-0.15, -0.1) is 0 Å². The van der Waals surface area contributed by atoms with E-state index in [1.807, 2.05) is 0 Å². The quantitative estimate of drug-likeness (QED) is 0.756. The van der Waals surface area contributed by atoms with Gasteiger partial charge in [0, 0.05) is 13.3 Å². The van der Waals surface area contributed by atoms with Crippen LogP contribution in [0.25, 0.3) is 0 Å². The zero-order chi connectivity index (χ0) is 12.3. The van der Waals surface area contributed by atoms with Crippen LogP contribution in [0.4, 0.5) is 4.39 Å². The molecule has 0 bridgehead atoms. The van der Waals surface area contributed by atoms with Gasteiger partial charge in [0.1, 0.15) is 6.10 Å². The fourth-order valence-corrected chi connectivity index (χ4v) is 2.04. The van der Waals surface area contributed by atoms with Gasteiger partial charge in [0.25, 0.3) is 0 Å². The maximum absolute atomic E-state index is 13.3. The van der Waals surface area contributed by atoms with Crippen LogP contribution < -0.4 is 0 Å². The molecule has 92 valence electrons. The Hall–Kier alpha value is -1.49. The number of carbonyl (C=O) groups is 1. The van der Waals surface area contributed by atoms with Crippen molar-refractivity contribution >= 4 is 5.97 Å². The van der Waals surface area contributed by atoms with Gasteiger partial charge in [0.05, 0.1) is 17.9 Å². The Labute approximate surface area is 98.8 Å². The Bertz CT molecular complexity index is 410. The number of ether oxygens (including phenoxy) is 2. The molecule has 0 amide bonds. The number of rotatable bonds is 3. The van der Waals surface area contributed by atoms with Crippen molar-refractivity contribution in [2.24, 2.45) is 0 Å². The summed E-state index contributed by atoms with van der Waals surface area (Å²) in [6, 6.07) is 1.31. The lowest BCUT2D eigenvalue weighted by molar-refractivity contribution is -0.0209. The van der Waals surface area contributed by atoms with Crippen LogP contribution in [-0.4, -0.2) is 30.3 Å². The normalized spacial score (nSPS) is 23.6. The zero-order valence-electron chi connectivity index (χ0n) is 9.56. The van der Waals surface area contributed by atoms with Gasteiger partial charge in [0.15, 0.2) is 5.82 Å². The molecule has 2 atom stereocenters. The molecule has 2 rings (SSSR count). The number of aromatic nitrogens is 1. The maximum Gasteiger partial charge on any atom is 0.341 e. The minimum absolute atomic E-state index is 0.0798. The molecule has 1 saturated carbocycles. The van der Waals surface area contributed by atoms with Gasteiger partial charge in [-0.1, -0.05) is 0 Å². The van der Waals surface area contributed by atoms with Crippen molar-refractivity contribution in [2.45, 2.75) is 31.5 Å². The van der Waals surface area contributed by atoms with Crippen molar-refractivity contribution in [1.82, 2.24) is 4.98 Å². The van der Waals surface area contributed by atoms with Crippen molar-refractivity contribution in [1.29, 1.82) is 0 Å². The lowest BCUT2D eigenvalue weighted by atomic mass is 10.2. The Morgan fingerprint density at radius 2 is 2.24 bits per heavy atom. The first kappa shape index (κ1) is 12.0. The Morgan fingerprint density at radius 3 is 2.94 bits per heavy atom. The monoisotopic (exact) mass is 239 g/mol. The molecule has 0 saturated heterocycles. The van der Waals surface area contributed by atoms with Crippen molar-refractivity contribution in [3.8, 4) is 0 Å². The average molecular weight is 239 g/mol. The third-order valence-corrected chi connectivity index (χ3v) is 2.95. The summed E-state index contributed by atoms with van der Waals surface area (Å²) in [4.78, 5) is 15.3. The number of halogens is 1. The van der Waals surface area contributed by atoms with Gasteiger partial charge in [-0.25, -0.2) is 9.18 Å². The largest absolute Gasteiger partial charge is 0.456 e. The van der Waals surface area contributed by atoms with Crippen LogP contribution in [0.2, 0.25) is 0 Å². The summed E-state index contributed by atoms with van der Waals surface area (Å²) in [6.07, 6.45) is 4.59. The van der Waals surface area contributed by atoms with Crippen LogP contribution in [0.1, 0.15) is 29.6 Å². The molecule has 0 unspecified atom stereocenters. The van der Waals surface area contributed by atoms with E-state index in [2.05, 4.69) is 4.98 Å². The summed E-state index contributed by atoms with van der Waals surface area (Å²) >= 11 is 0. The minimum Gasteiger partial charge on any atom is -0.456 e. The molecule has 1 aromatic rings. The van der Waals surface area contributed by atoms with Crippen LogP contribution in [0.3, 0.4) is 0 Å². The molecule has 1 aliphatic carbocycles. The summed E-state index contributed by atoms with van der Waals surface area (Å²) in [5.74, 6) is -1.32. The Balaban J connectivity index is 2.04. The molecule has 1 heterocycles. The molecular weight excluding hydrogens is 225 g/mol. The second kappa shape index (κ2) is 5.23. The van der Waals surface area contributed by atoms with Gasteiger partial charge in [-0.3, -0.25) is 4.98 Å². The molecule has 0 N–H and O–H groups in total. The van der Waals surface area contributed by atoms with Crippen LogP contribution in [0.15, 0.2) is 18.5 Å². The number of pyridine rings is 1. The van der Waals surface area contributed by atoms with Gasteiger partial charge < -0.3 is 9.47 Å². The minimum atomic E-state index is -0.663. The van der Waals surface area contributed by atoms with Crippen LogP contribution in [-0.2, 0) is 9.47 Å². The average Bonchev–Trinajstić information content (AvgIpc) is 2.76. The predicted molar refractivity (Wildman–Crippen MR) is 58.0 cm³/mol. The summed E-state index contributed by atoms with van der Waals surface area (Å²) < 4.78 is 23.8. The fraction of sp³-hybridized carbons (Fsp3) is 0.500. The fourth-order valence-electron chi connectivity index (χ4n) is 2.04. The van der Waals surface area contributed by atoms with Gasteiger partial charge in [0.2, 0.25) is 0 Å². The highest BCUT2D eigenvalue weighted by molar-refractivity contribution is 5.89. The van der Waals surface area contributed by atoms with Gasteiger partial charge in [-0.05, 0) is 25.3 Å². The number of hydrogen-bond donors (Lipinski definition) is 0. The molecule has 5 heteroatoms. The van der Waals surface area contributed by atoms with E-state index in [-0.39, 0.29) is 17.8 Å². The molecule has 0 aliphatic heterocycles. The van der Waals surface area contributed by atoms with E-state index < -0.39 is 11.8 Å². The van der Waals surface area contributed by atoms with E-state index in [0.29, 0.717) is 0 Å². The van der Waals surface area contributed by atoms with E-state index in [1.54, 1.807) is 7.11 Å². The first-order chi connectivity index (χ1) is 8.22.